The second kappa shape index (κ2) is 8.32. The fourth-order valence-electron chi connectivity index (χ4n) is 3.71. The van der Waals surface area contributed by atoms with E-state index in [2.05, 4.69) is 41.7 Å². The van der Waals surface area contributed by atoms with E-state index >= 15 is 0 Å². The normalized spacial score (nSPS) is 16.8. The number of hydrogen-bond donors (Lipinski definition) is 1. The summed E-state index contributed by atoms with van der Waals surface area (Å²) in [5, 5.41) is 9.43. The second-order valence-electron chi connectivity index (χ2n) is 8.24. The Balaban J connectivity index is 1.62. The molecule has 0 spiro atoms. The summed E-state index contributed by atoms with van der Waals surface area (Å²) in [5.74, 6) is 1.59. The molecule has 2 aliphatic heterocycles. The summed E-state index contributed by atoms with van der Waals surface area (Å²) < 4.78 is 8.10. The zero-order chi connectivity index (χ0) is 21.5. The summed E-state index contributed by atoms with van der Waals surface area (Å²) >= 11 is 7.06. The van der Waals surface area contributed by atoms with Crippen molar-refractivity contribution in [2.45, 2.75) is 13.8 Å². The topological polar surface area (TPSA) is 65.4 Å². The van der Waals surface area contributed by atoms with Crippen LogP contribution in [0.3, 0.4) is 0 Å². The van der Waals surface area contributed by atoms with Crippen molar-refractivity contribution in [3.05, 3.63) is 50.9 Å². The van der Waals surface area contributed by atoms with E-state index in [1.807, 2.05) is 36.4 Å². The third kappa shape index (κ3) is 4.40. The molecule has 2 aromatic carbocycles. The van der Waals surface area contributed by atoms with Crippen molar-refractivity contribution in [2.75, 3.05) is 32.7 Å². The monoisotopic (exact) mass is 535 g/mol. The highest BCUT2D eigenvalue weighted by molar-refractivity contribution is 9.10. The summed E-state index contributed by atoms with van der Waals surface area (Å²) in [4.78, 5) is 20.9. The molecule has 2 aliphatic rings. The molecule has 30 heavy (non-hydrogen) atoms. The molecule has 0 amide bonds. The number of nitrogens with zero attached hydrogens (tertiary/aromatic N) is 3. The molecule has 0 radical (unpaired) electrons. The molecule has 1 saturated heterocycles. The average molecular weight is 537 g/mol. The Bertz CT molecular complexity index is 1010. The van der Waals surface area contributed by atoms with Crippen molar-refractivity contribution >= 4 is 49.4 Å². The maximum atomic E-state index is 11.5. The number of hydrogen-bond acceptors (Lipinski definition) is 5. The van der Waals surface area contributed by atoms with Gasteiger partial charge in [-0.3, -0.25) is 9.69 Å². The van der Waals surface area contributed by atoms with E-state index < -0.39 is 11.4 Å². The number of piperazine rings is 1. The largest absolute Gasteiger partial charge is 0.481 e. The van der Waals surface area contributed by atoms with E-state index in [1.54, 1.807) is 13.8 Å². The molecule has 0 bridgehead atoms. The Kier molecular flexibility index (Phi) is 5.92. The molecule has 0 aromatic heterocycles. The maximum absolute atomic E-state index is 11.5. The molecule has 0 atom stereocenters. The van der Waals surface area contributed by atoms with Gasteiger partial charge < -0.3 is 14.7 Å². The highest BCUT2D eigenvalue weighted by atomic mass is 79.9. The zero-order valence-corrected chi connectivity index (χ0v) is 20.0. The zero-order valence-electron chi connectivity index (χ0n) is 16.9. The van der Waals surface area contributed by atoms with Gasteiger partial charge in [-0.25, -0.2) is 4.99 Å². The van der Waals surface area contributed by atoms with Crippen LogP contribution in [0.4, 0.5) is 5.69 Å². The third-order valence-electron chi connectivity index (χ3n) is 5.42. The summed E-state index contributed by atoms with van der Waals surface area (Å²) in [7, 11) is 0. The molecule has 1 fully saturated rings. The van der Waals surface area contributed by atoms with Crippen LogP contribution in [0, 0.1) is 5.41 Å². The molecule has 6 nitrogen and oxygen atoms in total. The third-order valence-corrected chi connectivity index (χ3v) is 6.41. The molecular formula is C22H23Br2N3O3. The van der Waals surface area contributed by atoms with Gasteiger partial charge in [0, 0.05) is 41.7 Å². The SMILES string of the molecule is CC(C)(CN1CCN(C2=Nc3cc(Br)ccc3Oc3cc(Br)ccc32)CC1)C(=O)O. The highest BCUT2D eigenvalue weighted by Crippen LogP contribution is 2.40. The number of aliphatic imine (C=N–C) groups is 1. The van der Waals surface area contributed by atoms with Gasteiger partial charge in [-0.2, -0.15) is 0 Å². The maximum Gasteiger partial charge on any atom is 0.310 e. The minimum atomic E-state index is -0.767. The molecular weight excluding hydrogens is 514 g/mol. The lowest BCUT2D eigenvalue weighted by molar-refractivity contribution is -0.148. The lowest BCUT2D eigenvalue weighted by Crippen LogP contribution is -2.52. The van der Waals surface area contributed by atoms with Gasteiger partial charge in [0.15, 0.2) is 5.75 Å². The van der Waals surface area contributed by atoms with Gasteiger partial charge in [-0.05, 0) is 50.2 Å². The summed E-state index contributed by atoms with van der Waals surface area (Å²) in [6.07, 6.45) is 0. The fourth-order valence-corrected chi connectivity index (χ4v) is 4.40. The minimum absolute atomic E-state index is 0.533. The summed E-state index contributed by atoms with van der Waals surface area (Å²) in [6, 6.07) is 11.8. The molecule has 2 heterocycles. The van der Waals surface area contributed by atoms with Crippen LogP contribution in [0.1, 0.15) is 19.4 Å². The minimum Gasteiger partial charge on any atom is -0.481 e. The lowest BCUT2D eigenvalue weighted by atomic mass is 9.93. The van der Waals surface area contributed by atoms with Crippen molar-refractivity contribution in [1.29, 1.82) is 0 Å². The number of carboxylic acid groups (broad SMARTS) is 1. The van der Waals surface area contributed by atoms with E-state index in [1.165, 1.54) is 0 Å². The number of ether oxygens (including phenoxy) is 1. The van der Waals surface area contributed by atoms with Crippen LogP contribution < -0.4 is 4.74 Å². The number of carboxylic acids is 1. The Hall–Kier alpha value is -1.90. The van der Waals surface area contributed by atoms with Gasteiger partial charge in [0.25, 0.3) is 0 Å². The molecule has 158 valence electrons. The van der Waals surface area contributed by atoms with Gasteiger partial charge in [-0.15, -0.1) is 0 Å². The van der Waals surface area contributed by atoms with Crippen LogP contribution in [0.2, 0.25) is 0 Å². The average Bonchev–Trinajstić information content (AvgIpc) is 2.84. The van der Waals surface area contributed by atoms with Crippen LogP contribution in [0.15, 0.2) is 50.3 Å². The van der Waals surface area contributed by atoms with E-state index in [0.717, 1.165) is 63.7 Å². The van der Waals surface area contributed by atoms with E-state index in [4.69, 9.17) is 9.73 Å². The molecule has 0 saturated carbocycles. The number of aliphatic carboxylic acids is 1. The van der Waals surface area contributed by atoms with Crippen molar-refractivity contribution in [3.63, 3.8) is 0 Å². The van der Waals surface area contributed by atoms with Crippen molar-refractivity contribution < 1.29 is 14.6 Å². The summed E-state index contributed by atoms with van der Waals surface area (Å²) in [6.45, 7) is 7.20. The molecule has 4 rings (SSSR count). The first-order chi connectivity index (χ1) is 14.2. The van der Waals surface area contributed by atoms with Crippen molar-refractivity contribution in [1.82, 2.24) is 9.80 Å². The Morgan fingerprint density at radius 1 is 1.07 bits per heavy atom. The Morgan fingerprint density at radius 3 is 2.43 bits per heavy atom. The fraction of sp³-hybridized carbons (Fsp3) is 0.364. The Labute approximate surface area is 192 Å². The first kappa shape index (κ1) is 21.3. The first-order valence-corrected chi connectivity index (χ1v) is 11.4. The molecule has 8 heteroatoms. The predicted octanol–water partition coefficient (Wildman–Crippen LogP) is 5.12. The molecule has 0 unspecified atom stereocenters. The van der Waals surface area contributed by atoms with Crippen LogP contribution in [0.25, 0.3) is 0 Å². The van der Waals surface area contributed by atoms with Crippen molar-refractivity contribution in [2.24, 2.45) is 10.4 Å². The van der Waals surface area contributed by atoms with Gasteiger partial charge >= 0.3 is 5.97 Å². The predicted molar refractivity (Wildman–Crippen MR) is 124 cm³/mol. The number of benzene rings is 2. The van der Waals surface area contributed by atoms with Gasteiger partial charge in [0.05, 0.1) is 11.0 Å². The number of fused-ring (bicyclic) bond motifs is 2. The number of rotatable bonds is 3. The van der Waals surface area contributed by atoms with Crippen LogP contribution in [-0.2, 0) is 4.79 Å². The summed E-state index contributed by atoms with van der Waals surface area (Å²) in [5.41, 5.74) is 0.964. The quantitative estimate of drug-likeness (QED) is 0.589. The molecule has 0 aliphatic carbocycles. The number of amidine groups is 1. The van der Waals surface area contributed by atoms with E-state index in [9.17, 15) is 9.90 Å². The lowest BCUT2D eigenvalue weighted by Gasteiger charge is -2.38. The van der Waals surface area contributed by atoms with E-state index in [-0.39, 0.29) is 0 Å². The standard InChI is InChI=1S/C22H23Br2N3O3/c1-22(2,21(28)29)13-26-7-9-27(10-8-26)20-16-5-3-15(24)12-19(16)30-18-6-4-14(23)11-17(18)25-20/h3-6,11-12H,7-10,13H2,1-2H3,(H,28,29). The molecule has 2 aromatic rings. The van der Waals surface area contributed by atoms with Crippen LogP contribution in [-0.4, -0.2) is 59.4 Å². The van der Waals surface area contributed by atoms with Crippen LogP contribution in [0.5, 0.6) is 11.5 Å². The number of carbonyl (C=O) groups is 1. The Morgan fingerprint density at radius 2 is 1.73 bits per heavy atom. The smallest absolute Gasteiger partial charge is 0.310 e. The van der Waals surface area contributed by atoms with Gasteiger partial charge in [0.1, 0.15) is 17.3 Å². The van der Waals surface area contributed by atoms with Crippen molar-refractivity contribution in [3.8, 4) is 11.5 Å². The molecule has 1 N–H and O–H groups in total. The van der Waals surface area contributed by atoms with Gasteiger partial charge in [-0.1, -0.05) is 31.9 Å². The first-order valence-electron chi connectivity index (χ1n) is 9.80. The highest BCUT2D eigenvalue weighted by Gasteiger charge is 2.32. The second-order valence-corrected chi connectivity index (χ2v) is 10.1. The number of halogens is 2. The van der Waals surface area contributed by atoms with Crippen LogP contribution >= 0.6 is 31.9 Å². The van der Waals surface area contributed by atoms with Gasteiger partial charge in [0.2, 0.25) is 0 Å². The van der Waals surface area contributed by atoms with E-state index in [0.29, 0.717) is 6.54 Å².